The molecule has 0 aliphatic heterocycles. The lowest BCUT2D eigenvalue weighted by Gasteiger charge is -2.19. The van der Waals surface area contributed by atoms with Crippen LogP contribution in [0.1, 0.15) is 37.7 Å². The van der Waals surface area contributed by atoms with Gasteiger partial charge < -0.3 is 0 Å². The molecule has 2 heterocycles. The van der Waals surface area contributed by atoms with Crippen molar-refractivity contribution in [1.82, 2.24) is 9.97 Å². The molecule has 2 aromatic rings. The van der Waals surface area contributed by atoms with Crippen LogP contribution in [0.5, 0.6) is 0 Å². The van der Waals surface area contributed by atoms with E-state index in [0.717, 1.165) is 17.2 Å². The molecule has 0 atom stereocenters. The molecule has 0 spiro atoms. The fraction of sp³-hybridized carbons (Fsp3) is 0.429. The Bertz CT molecular complexity index is 515. The Balaban J connectivity index is 2.57. The van der Waals surface area contributed by atoms with Crippen LogP contribution in [0.25, 0.3) is 10.7 Å². The molecule has 0 radical (unpaired) electrons. The van der Waals surface area contributed by atoms with Crippen LogP contribution in [-0.2, 0) is 5.41 Å². The highest BCUT2D eigenvalue weighted by Gasteiger charge is 2.21. The van der Waals surface area contributed by atoms with Gasteiger partial charge in [-0.1, -0.05) is 20.8 Å². The highest BCUT2D eigenvalue weighted by Crippen LogP contribution is 2.35. The lowest BCUT2D eigenvalue weighted by atomic mass is 9.87. The molecular formula is C14H18N2S. The molecule has 0 fully saturated rings. The standard InChI is InChI=1S/C14H18N2S/c1-9-8-10(2)16-13(15-9)12-11(6-7-17-12)14(3,4)5/h6-8H,1-5H3. The van der Waals surface area contributed by atoms with Crippen molar-refractivity contribution in [1.29, 1.82) is 0 Å². The Hall–Kier alpha value is -1.22. The lowest BCUT2D eigenvalue weighted by Crippen LogP contribution is -2.11. The quantitative estimate of drug-likeness (QED) is 0.756. The van der Waals surface area contributed by atoms with Crippen LogP contribution in [-0.4, -0.2) is 9.97 Å². The Kier molecular flexibility index (Phi) is 3.04. The maximum absolute atomic E-state index is 4.55. The maximum atomic E-state index is 4.55. The molecule has 0 aromatic carbocycles. The minimum Gasteiger partial charge on any atom is -0.233 e. The van der Waals surface area contributed by atoms with Gasteiger partial charge in [-0.3, -0.25) is 0 Å². The van der Waals surface area contributed by atoms with Gasteiger partial charge in [0.15, 0.2) is 5.82 Å². The van der Waals surface area contributed by atoms with Crippen LogP contribution in [0.2, 0.25) is 0 Å². The number of hydrogen-bond donors (Lipinski definition) is 0. The number of hydrogen-bond acceptors (Lipinski definition) is 3. The molecule has 0 bridgehead atoms. The molecule has 2 rings (SSSR count). The normalized spacial score (nSPS) is 11.8. The van der Waals surface area contributed by atoms with Gasteiger partial charge in [0, 0.05) is 11.4 Å². The van der Waals surface area contributed by atoms with E-state index in [0.29, 0.717) is 0 Å². The molecule has 0 saturated carbocycles. The Morgan fingerprint density at radius 2 is 1.65 bits per heavy atom. The zero-order chi connectivity index (χ0) is 12.6. The van der Waals surface area contributed by atoms with Crippen molar-refractivity contribution in [3.8, 4) is 10.7 Å². The summed E-state index contributed by atoms with van der Waals surface area (Å²) in [4.78, 5) is 10.3. The van der Waals surface area contributed by atoms with Crippen LogP contribution in [0.15, 0.2) is 17.5 Å². The van der Waals surface area contributed by atoms with Crippen molar-refractivity contribution in [2.45, 2.75) is 40.0 Å². The molecule has 0 aliphatic carbocycles. The van der Waals surface area contributed by atoms with Crippen LogP contribution < -0.4 is 0 Å². The molecule has 2 aromatic heterocycles. The summed E-state index contributed by atoms with van der Waals surface area (Å²) < 4.78 is 0. The van der Waals surface area contributed by atoms with Crippen molar-refractivity contribution in [3.63, 3.8) is 0 Å². The lowest BCUT2D eigenvalue weighted by molar-refractivity contribution is 0.593. The van der Waals surface area contributed by atoms with Crippen molar-refractivity contribution in [3.05, 3.63) is 34.5 Å². The van der Waals surface area contributed by atoms with Crippen LogP contribution in [0, 0.1) is 13.8 Å². The largest absolute Gasteiger partial charge is 0.233 e. The molecule has 0 saturated heterocycles. The summed E-state index contributed by atoms with van der Waals surface area (Å²) in [6.07, 6.45) is 0. The topological polar surface area (TPSA) is 25.8 Å². The van der Waals surface area contributed by atoms with Gasteiger partial charge in [0.2, 0.25) is 0 Å². The minimum absolute atomic E-state index is 0.135. The van der Waals surface area contributed by atoms with Gasteiger partial charge in [0.25, 0.3) is 0 Å². The van der Waals surface area contributed by atoms with E-state index in [1.54, 1.807) is 11.3 Å². The molecule has 0 aliphatic rings. The Morgan fingerprint density at radius 1 is 1.06 bits per heavy atom. The molecular weight excluding hydrogens is 228 g/mol. The van der Waals surface area contributed by atoms with E-state index in [2.05, 4.69) is 42.2 Å². The van der Waals surface area contributed by atoms with E-state index >= 15 is 0 Å². The zero-order valence-corrected chi connectivity index (χ0v) is 11.9. The Morgan fingerprint density at radius 3 is 2.18 bits per heavy atom. The van der Waals surface area contributed by atoms with Crippen LogP contribution in [0.4, 0.5) is 0 Å². The SMILES string of the molecule is Cc1cc(C)nc(-c2sccc2C(C)(C)C)n1. The van der Waals surface area contributed by atoms with Gasteiger partial charge in [-0.25, -0.2) is 9.97 Å². The fourth-order valence-corrected chi connectivity index (χ4v) is 2.94. The highest BCUT2D eigenvalue weighted by atomic mass is 32.1. The monoisotopic (exact) mass is 246 g/mol. The van der Waals surface area contributed by atoms with Crippen molar-refractivity contribution in [2.75, 3.05) is 0 Å². The Labute approximate surface area is 107 Å². The van der Waals surface area contributed by atoms with Crippen molar-refractivity contribution in [2.24, 2.45) is 0 Å². The predicted octanol–water partition coefficient (Wildman–Crippen LogP) is 4.12. The van der Waals surface area contributed by atoms with E-state index in [1.165, 1.54) is 10.4 Å². The van der Waals surface area contributed by atoms with Gasteiger partial charge in [0.05, 0.1) is 4.88 Å². The first kappa shape index (κ1) is 12.2. The molecule has 0 N–H and O–H groups in total. The summed E-state index contributed by atoms with van der Waals surface area (Å²) in [5.41, 5.74) is 3.52. The number of rotatable bonds is 1. The first-order valence-corrected chi connectivity index (χ1v) is 6.66. The molecule has 0 amide bonds. The van der Waals surface area contributed by atoms with E-state index < -0.39 is 0 Å². The number of aromatic nitrogens is 2. The van der Waals surface area contributed by atoms with E-state index in [9.17, 15) is 0 Å². The smallest absolute Gasteiger partial charge is 0.170 e. The van der Waals surface area contributed by atoms with Gasteiger partial charge in [-0.15, -0.1) is 11.3 Å². The summed E-state index contributed by atoms with van der Waals surface area (Å²) >= 11 is 1.72. The summed E-state index contributed by atoms with van der Waals surface area (Å²) in [5.74, 6) is 0.863. The van der Waals surface area contributed by atoms with Gasteiger partial charge in [-0.05, 0) is 42.3 Å². The van der Waals surface area contributed by atoms with Crippen molar-refractivity contribution >= 4 is 11.3 Å². The van der Waals surface area contributed by atoms with E-state index in [4.69, 9.17) is 0 Å². The average molecular weight is 246 g/mol. The summed E-state index contributed by atoms with van der Waals surface area (Å²) in [6, 6.07) is 4.19. The van der Waals surface area contributed by atoms with Gasteiger partial charge in [0.1, 0.15) is 0 Å². The summed E-state index contributed by atoms with van der Waals surface area (Å²) in [7, 11) is 0. The first-order chi connectivity index (χ1) is 7.88. The van der Waals surface area contributed by atoms with Gasteiger partial charge in [-0.2, -0.15) is 0 Å². The molecule has 90 valence electrons. The molecule has 2 nitrogen and oxygen atoms in total. The fourth-order valence-electron chi connectivity index (χ4n) is 1.90. The maximum Gasteiger partial charge on any atom is 0.170 e. The number of thiophene rings is 1. The second-order valence-electron chi connectivity index (χ2n) is 5.39. The third-order valence-electron chi connectivity index (χ3n) is 2.66. The summed E-state index contributed by atoms with van der Waals surface area (Å²) in [5, 5.41) is 2.12. The molecule has 3 heteroatoms. The second-order valence-corrected chi connectivity index (χ2v) is 6.30. The van der Waals surface area contributed by atoms with E-state index in [1.807, 2.05) is 19.9 Å². The molecule has 17 heavy (non-hydrogen) atoms. The zero-order valence-electron chi connectivity index (χ0n) is 11.0. The number of aryl methyl sites for hydroxylation is 2. The highest BCUT2D eigenvalue weighted by molar-refractivity contribution is 7.13. The first-order valence-electron chi connectivity index (χ1n) is 5.78. The second kappa shape index (κ2) is 4.22. The van der Waals surface area contributed by atoms with E-state index in [-0.39, 0.29) is 5.41 Å². The van der Waals surface area contributed by atoms with Gasteiger partial charge >= 0.3 is 0 Å². The summed E-state index contributed by atoms with van der Waals surface area (Å²) in [6.45, 7) is 10.7. The number of nitrogens with zero attached hydrogens (tertiary/aromatic N) is 2. The third kappa shape index (κ3) is 2.55. The molecule has 0 unspecified atom stereocenters. The van der Waals surface area contributed by atoms with Crippen LogP contribution in [0.3, 0.4) is 0 Å². The minimum atomic E-state index is 0.135. The average Bonchev–Trinajstić information content (AvgIpc) is 2.63. The predicted molar refractivity (Wildman–Crippen MR) is 73.5 cm³/mol. The van der Waals surface area contributed by atoms with Crippen LogP contribution >= 0.6 is 11.3 Å². The third-order valence-corrected chi connectivity index (χ3v) is 3.57. The van der Waals surface area contributed by atoms with Crippen molar-refractivity contribution < 1.29 is 0 Å².